The molecule has 1 fully saturated rings. The van der Waals surface area contributed by atoms with E-state index >= 15 is 0 Å². The van der Waals surface area contributed by atoms with E-state index < -0.39 is 5.92 Å². The van der Waals surface area contributed by atoms with Crippen LogP contribution in [0.3, 0.4) is 0 Å². The van der Waals surface area contributed by atoms with Crippen molar-refractivity contribution < 1.29 is 4.79 Å². The summed E-state index contributed by atoms with van der Waals surface area (Å²) in [5, 5.41) is 11.8. The number of rotatable bonds is 4. The Labute approximate surface area is 102 Å². The largest absolute Gasteiger partial charge is 0.354 e. The zero-order valence-corrected chi connectivity index (χ0v) is 11.1. The van der Waals surface area contributed by atoms with Gasteiger partial charge in [0.15, 0.2) is 0 Å². The highest BCUT2D eigenvalue weighted by Gasteiger charge is 2.31. The summed E-state index contributed by atoms with van der Waals surface area (Å²) < 4.78 is 0.173. The van der Waals surface area contributed by atoms with Gasteiger partial charge in [-0.3, -0.25) is 4.79 Å². The number of nitriles is 1. The zero-order chi connectivity index (χ0) is 12.2. The summed E-state index contributed by atoms with van der Waals surface area (Å²) in [6.45, 7) is 6.67. The fourth-order valence-electron chi connectivity index (χ4n) is 1.87. The molecule has 1 rings (SSSR count). The molecule has 4 heteroatoms. The molecule has 1 N–H and O–H groups in total. The van der Waals surface area contributed by atoms with Crippen molar-refractivity contribution in [1.82, 2.24) is 5.32 Å². The molecular weight excluding hydrogens is 220 g/mol. The fourth-order valence-corrected chi connectivity index (χ4v) is 3.12. The highest BCUT2D eigenvalue weighted by Crippen LogP contribution is 2.37. The second-order valence-electron chi connectivity index (χ2n) is 4.97. The first-order valence-corrected chi connectivity index (χ1v) is 6.78. The smallest absolute Gasteiger partial charge is 0.237 e. The minimum absolute atomic E-state index is 0.0778. The van der Waals surface area contributed by atoms with E-state index in [1.165, 1.54) is 12.2 Å². The number of nitrogens with zero attached hydrogens (tertiary/aromatic N) is 1. The van der Waals surface area contributed by atoms with Crippen molar-refractivity contribution in [2.75, 3.05) is 12.3 Å². The maximum Gasteiger partial charge on any atom is 0.237 e. The molecule has 3 nitrogen and oxygen atoms in total. The van der Waals surface area contributed by atoms with Crippen molar-refractivity contribution in [2.24, 2.45) is 11.8 Å². The number of nitrogens with one attached hydrogen (secondary N) is 1. The zero-order valence-electron chi connectivity index (χ0n) is 10.2. The summed E-state index contributed by atoms with van der Waals surface area (Å²) in [5.41, 5.74) is 0. The van der Waals surface area contributed by atoms with E-state index in [0.717, 1.165) is 6.42 Å². The van der Waals surface area contributed by atoms with Crippen molar-refractivity contribution in [3.8, 4) is 6.07 Å². The van der Waals surface area contributed by atoms with Gasteiger partial charge in [0.1, 0.15) is 5.92 Å². The van der Waals surface area contributed by atoms with Crippen LogP contribution in [0.2, 0.25) is 0 Å². The normalized spacial score (nSPS) is 26.4. The Hall–Kier alpha value is -0.690. The number of carbonyl (C=O) groups excluding carboxylic acids is 1. The van der Waals surface area contributed by atoms with Gasteiger partial charge in [0, 0.05) is 11.3 Å². The van der Waals surface area contributed by atoms with Crippen molar-refractivity contribution >= 4 is 17.7 Å². The monoisotopic (exact) mass is 240 g/mol. The third-order valence-electron chi connectivity index (χ3n) is 3.03. The van der Waals surface area contributed by atoms with Gasteiger partial charge < -0.3 is 5.32 Å². The standard InChI is InChI=1S/C12H20N2OS/c1-9(2)10(7-13)11(15)14-8-12(3)5-4-6-16-12/h9-10H,4-6,8H2,1-3H3,(H,14,15). The second-order valence-corrected chi connectivity index (χ2v) is 6.65. The number of hydrogen-bond acceptors (Lipinski definition) is 3. The number of thioether (sulfide) groups is 1. The van der Waals surface area contributed by atoms with E-state index in [9.17, 15) is 4.79 Å². The van der Waals surface area contributed by atoms with Crippen molar-refractivity contribution in [3.63, 3.8) is 0 Å². The van der Waals surface area contributed by atoms with Crippen LogP contribution in [0.1, 0.15) is 33.6 Å². The van der Waals surface area contributed by atoms with Gasteiger partial charge in [-0.2, -0.15) is 17.0 Å². The highest BCUT2D eigenvalue weighted by molar-refractivity contribution is 8.00. The van der Waals surface area contributed by atoms with Crippen LogP contribution in [0.5, 0.6) is 0 Å². The minimum atomic E-state index is -0.519. The summed E-state index contributed by atoms with van der Waals surface area (Å²) in [4.78, 5) is 11.8. The minimum Gasteiger partial charge on any atom is -0.354 e. The molecule has 0 aromatic rings. The SMILES string of the molecule is CC(C)C(C#N)C(=O)NCC1(C)CCCS1. The topological polar surface area (TPSA) is 52.9 Å². The molecule has 0 saturated carbocycles. The summed E-state index contributed by atoms with van der Waals surface area (Å²) in [6.07, 6.45) is 2.37. The van der Waals surface area contributed by atoms with Gasteiger partial charge in [0.25, 0.3) is 0 Å². The van der Waals surface area contributed by atoms with Crippen molar-refractivity contribution in [3.05, 3.63) is 0 Å². The first-order chi connectivity index (χ1) is 7.48. The van der Waals surface area contributed by atoms with Gasteiger partial charge in [0.05, 0.1) is 6.07 Å². The van der Waals surface area contributed by atoms with Gasteiger partial charge in [-0.1, -0.05) is 13.8 Å². The predicted molar refractivity (Wildman–Crippen MR) is 67.0 cm³/mol. The molecule has 1 aliphatic heterocycles. The van der Waals surface area contributed by atoms with Crippen LogP contribution in [-0.2, 0) is 4.79 Å². The molecule has 1 aliphatic rings. The molecule has 1 heterocycles. The number of amides is 1. The molecule has 90 valence electrons. The van der Waals surface area contributed by atoms with Crippen LogP contribution in [0, 0.1) is 23.2 Å². The first kappa shape index (κ1) is 13.4. The quantitative estimate of drug-likeness (QED) is 0.819. The molecule has 2 atom stereocenters. The van der Waals surface area contributed by atoms with Gasteiger partial charge in [-0.05, 0) is 31.4 Å². The molecule has 0 aromatic carbocycles. The Morgan fingerprint density at radius 3 is 2.75 bits per heavy atom. The Morgan fingerprint density at radius 2 is 2.31 bits per heavy atom. The van der Waals surface area contributed by atoms with Gasteiger partial charge >= 0.3 is 0 Å². The lowest BCUT2D eigenvalue weighted by Gasteiger charge is -2.24. The van der Waals surface area contributed by atoms with Crippen molar-refractivity contribution in [1.29, 1.82) is 5.26 Å². The van der Waals surface area contributed by atoms with Gasteiger partial charge in [-0.15, -0.1) is 0 Å². The van der Waals surface area contributed by atoms with Crippen LogP contribution in [0.4, 0.5) is 0 Å². The van der Waals surface area contributed by atoms with E-state index in [1.54, 1.807) is 0 Å². The number of carbonyl (C=O) groups is 1. The van der Waals surface area contributed by atoms with E-state index in [1.807, 2.05) is 25.6 Å². The molecule has 1 saturated heterocycles. The van der Waals surface area contributed by atoms with Gasteiger partial charge in [-0.25, -0.2) is 0 Å². The summed E-state index contributed by atoms with van der Waals surface area (Å²) >= 11 is 1.92. The van der Waals surface area contributed by atoms with E-state index in [2.05, 4.69) is 18.3 Å². The maximum atomic E-state index is 11.8. The van der Waals surface area contributed by atoms with Crippen LogP contribution in [0.25, 0.3) is 0 Å². The van der Waals surface area contributed by atoms with Gasteiger partial charge in [0.2, 0.25) is 5.91 Å². The molecule has 16 heavy (non-hydrogen) atoms. The molecule has 0 radical (unpaired) electrons. The Kier molecular flexibility index (Phi) is 4.67. The molecule has 0 aliphatic carbocycles. The summed E-state index contributed by atoms with van der Waals surface area (Å²) in [6, 6.07) is 2.07. The maximum absolute atomic E-state index is 11.8. The second kappa shape index (κ2) is 5.58. The molecule has 0 spiro atoms. The molecule has 2 unspecified atom stereocenters. The van der Waals surface area contributed by atoms with Crippen LogP contribution >= 0.6 is 11.8 Å². The molecular formula is C12H20N2OS. The van der Waals surface area contributed by atoms with Crippen LogP contribution in [-0.4, -0.2) is 23.0 Å². The van der Waals surface area contributed by atoms with E-state index in [-0.39, 0.29) is 16.6 Å². The molecule has 1 amide bonds. The summed E-state index contributed by atoms with van der Waals surface area (Å²) in [5.74, 6) is 0.619. The lowest BCUT2D eigenvalue weighted by atomic mass is 9.96. The molecule has 0 bridgehead atoms. The Bertz CT molecular complexity index is 290. The average molecular weight is 240 g/mol. The first-order valence-electron chi connectivity index (χ1n) is 5.80. The van der Waals surface area contributed by atoms with Crippen LogP contribution in [0.15, 0.2) is 0 Å². The average Bonchev–Trinajstić information content (AvgIpc) is 2.63. The third kappa shape index (κ3) is 3.41. The lowest BCUT2D eigenvalue weighted by molar-refractivity contribution is -0.124. The summed E-state index contributed by atoms with van der Waals surface area (Å²) in [7, 11) is 0. The molecule has 0 aromatic heterocycles. The third-order valence-corrected chi connectivity index (χ3v) is 4.56. The predicted octanol–water partition coefficient (Wildman–Crippen LogP) is 2.18. The van der Waals surface area contributed by atoms with E-state index in [0.29, 0.717) is 6.54 Å². The highest BCUT2D eigenvalue weighted by atomic mass is 32.2. The van der Waals surface area contributed by atoms with E-state index in [4.69, 9.17) is 5.26 Å². The van der Waals surface area contributed by atoms with Crippen LogP contribution < -0.4 is 5.32 Å². The number of hydrogen-bond donors (Lipinski definition) is 1. The Morgan fingerprint density at radius 1 is 1.62 bits per heavy atom. The Balaban J connectivity index is 2.43. The van der Waals surface area contributed by atoms with Crippen molar-refractivity contribution in [2.45, 2.75) is 38.4 Å². The lowest BCUT2D eigenvalue weighted by Crippen LogP contribution is -2.40. The fraction of sp³-hybridized carbons (Fsp3) is 0.833.